The van der Waals surface area contributed by atoms with Gasteiger partial charge in [0.1, 0.15) is 4.60 Å². The minimum atomic E-state index is 0.267. The summed E-state index contributed by atoms with van der Waals surface area (Å²) in [5.41, 5.74) is 0.663. The van der Waals surface area contributed by atoms with Gasteiger partial charge in [0.05, 0.1) is 11.2 Å². The molecule has 0 saturated heterocycles. The van der Waals surface area contributed by atoms with Crippen LogP contribution in [0.15, 0.2) is 16.9 Å². The largest absolute Gasteiger partial charge is 0.234 e. The van der Waals surface area contributed by atoms with E-state index in [9.17, 15) is 0 Å². The van der Waals surface area contributed by atoms with Gasteiger partial charge in [-0.05, 0) is 15.9 Å². The average molecular weight is 267 g/mol. The monoisotopic (exact) mass is 265 g/mol. The van der Waals surface area contributed by atoms with E-state index in [1.54, 1.807) is 16.8 Å². The normalized spacial score (nSPS) is 10.9. The molecule has 2 heterocycles. The Morgan fingerprint density at radius 1 is 1.42 bits per heavy atom. The Hall–Kier alpha value is -0.320. The molecule has 0 aliphatic heterocycles. The molecule has 0 atom stereocenters. The van der Waals surface area contributed by atoms with E-state index in [4.69, 9.17) is 23.2 Å². The minimum absolute atomic E-state index is 0.267. The van der Waals surface area contributed by atoms with E-state index < -0.39 is 0 Å². The number of imidazole rings is 1. The number of aromatic nitrogens is 3. The van der Waals surface area contributed by atoms with Crippen molar-refractivity contribution in [1.29, 1.82) is 0 Å². The molecule has 2 rings (SSSR count). The number of fused-ring (bicyclic) bond motifs is 1. The fraction of sp³-hybridized carbons (Fsp3) is 0. The molecule has 6 heteroatoms. The Labute approximate surface area is 86.4 Å². The van der Waals surface area contributed by atoms with Crippen molar-refractivity contribution in [3.05, 3.63) is 27.0 Å². The highest BCUT2D eigenvalue weighted by Crippen LogP contribution is 2.21. The van der Waals surface area contributed by atoms with Crippen molar-refractivity contribution in [3.8, 4) is 0 Å². The zero-order chi connectivity index (χ0) is 8.72. The average Bonchev–Trinajstić information content (AvgIpc) is 2.35. The molecule has 2 aromatic heterocycles. The van der Waals surface area contributed by atoms with E-state index in [1.807, 2.05) is 0 Å². The van der Waals surface area contributed by atoms with Crippen LogP contribution < -0.4 is 0 Å². The first-order chi connectivity index (χ1) is 5.68. The van der Waals surface area contributed by atoms with E-state index >= 15 is 0 Å². The van der Waals surface area contributed by atoms with Crippen molar-refractivity contribution < 1.29 is 0 Å². The van der Waals surface area contributed by atoms with E-state index in [-0.39, 0.29) is 5.15 Å². The summed E-state index contributed by atoms with van der Waals surface area (Å²) < 4.78 is 2.31. The van der Waals surface area contributed by atoms with Crippen LogP contribution in [0.4, 0.5) is 0 Å². The van der Waals surface area contributed by atoms with Crippen molar-refractivity contribution in [3.63, 3.8) is 0 Å². The van der Waals surface area contributed by atoms with E-state index in [0.717, 1.165) is 4.60 Å². The van der Waals surface area contributed by atoms with Crippen LogP contribution in [-0.4, -0.2) is 14.6 Å². The Morgan fingerprint density at radius 3 is 2.92 bits per heavy atom. The molecule has 3 nitrogen and oxygen atoms in total. The maximum atomic E-state index is 5.73. The van der Waals surface area contributed by atoms with Crippen LogP contribution in [0.25, 0.3) is 5.65 Å². The summed E-state index contributed by atoms with van der Waals surface area (Å²) in [6, 6.07) is 1.65. The number of hydrogen-bond donors (Lipinski definition) is 0. The fourth-order valence-corrected chi connectivity index (χ4v) is 1.47. The van der Waals surface area contributed by atoms with E-state index in [2.05, 4.69) is 26.0 Å². The summed E-state index contributed by atoms with van der Waals surface area (Å²) in [5.74, 6) is 0. The molecular formula is C6H2BrCl2N3. The van der Waals surface area contributed by atoms with Crippen LogP contribution in [-0.2, 0) is 0 Å². The molecule has 0 bridgehead atoms. The highest BCUT2D eigenvalue weighted by Gasteiger charge is 2.05. The molecule has 0 aliphatic rings. The molecule has 2 aromatic rings. The van der Waals surface area contributed by atoms with Gasteiger partial charge in [0.25, 0.3) is 0 Å². The van der Waals surface area contributed by atoms with Gasteiger partial charge in [-0.1, -0.05) is 23.2 Å². The van der Waals surface area contributed by atoms with Crippen LogP contribution in [0, 0.1) is 0 Å². The van der Waals surface area contributed by atoms with Gasteiger partial charge in [-0.25, -0.2) is 9.50 Å². The lowest BCUT2D eigenvalue weighted by molar-refractivity contribution is 0.916. The summed E-state index contributed by atoms with van der Waals surface area (Å²) in [5, 5.41) is 4.65. The Kier molecular flexibility index (Phi) is 1.98. The quantitative estimate of drug-likeness (QED) is 0.734. The van der Waals surface area contributed by atoms with Crippen molar-refractivity contribution in [1.82, 2.24) is 14.6 Å². The Balaban J connectivity index is 2.87. The van der Waals surface area contributed by atoms with Crippen LogP contribution in [0.3, 0.4) is 0 Å². The number of nitrogens with zero attached hydrogens (tertiary/aromatic N) is 3. The summed E-state index contributed by atoms with van der Waals surface area (Å²) in [7, 11) is 0. The molecule has 0 N–H and O–H groups in total. The number of hydrogen-bond acceptors (Lipinski definition) is 2. The van der Waals surface area contributed by atoms with Gasteiger partial charge in [0.15, 0.2) is 10.8 Å². The van der Waals surface area contributed by atoms with E-state index in [1.165, 1.54) is 0 Å². The highest BCUT2D eigenvalue weighted by molar-refractivity contribution is 9.10. The predicted octanol–water partition coefficient (Wildman–Crippen LogP) is 2.80. The number of rotatable bonds is 0. The first-order valence-corrected chi connectivity index (χ1v) is 4.58. The van der Waals surface area contributed by atoms with Crippen LogP contribution in [0.2, 0.25) is 10.2 Å². The lowest BCUT2D eigenvalue weighted by Crippen LogP contribution is -1.92. The lowest BCUT2D eigenvalue weighted by Gasteiger charge is -1.96. The van der Waals surface area contributed by atoms with Crippen molar-refractivity contribution in [2.45, 2.75) is 0 Å². The molecule has 0 aromatic carbocycles. The summed E-state index contributed by atoms with van der Waals surface area (Å²) in [6.07, 6.45) is 1.63. The molecule has 0 unspecified atom stereocenters. The third-order valence-electron chi connectivity index (χ3n) is 1.36. The second-order valence-electron chi connectivity index (χ2n) is 2.13. The second kappa shape index (κ2) is 2.87. The van der Waals surface area contributed by atoms with Crippen molar-refractivity contribution in [2.24, 2.45) is 0 Å². The lowest BCUT2D eigenvalue weighted by atomic mass is 10.5. The summed E-state index contributed by atoms with van der Waals surface area (Å²) in [6.45, 7) is 0. The molecular weight excluding hydrogens is 265 g/mol. The van der Waals surface area contributed by atoms with Crippen LogP contribution in [0.5, 0.6) is 0 Å². The molecule has 12 heavy (non-hydrogen) atoms. The van der Waals surface area contributed by atoms with Crippen LogP contribution >= 0.6 is 39.1 Å². The first kappa shape index (κ1) is 8.29. The number of halogens is 3. The highest BCUT2D eigenvalue weighted by atomic mass is 79.9. The summed E-state index contributed by atoms with van der Waals surface area (Å²) >= 11 is 14.7. The Bertz CT molecular complexity index is 440. The zero-order valence-corrected chi connectivity index (χ0v) is 8.73. The molecule has 0 aliphatic carbocycles. The fourth-order valence-electron chi connectivity index (χ4n) is 0.844. The molecule has 0 saturated carbocycles. The maximum Gasteiger partial charge on any atom is 0.168 e. The SMILES string of the molecule is Clc1cc2ncc(Br)n2nc1Cl. The molecule has 0 fully saturated rings. The van der Waals surface area contributed by atoms with Crippen LogP contribution in [0.1, 0.15) is 0 Å². The minimum Gasteiger partial charge on any atom is -0.234 e. The maximum absolute atomic E-state index is 5.73. The smallest absolute Gasteiger partial charge is 0.168 e. The van der Waals surface area contributed by atoms with Gasteiger partial charge in [-0.3, -0.25) is 0 Å². The molecule has 62 valence electrons. The third-order valence-corrected chi connectivity index (χ3v) is 2.57. The van der Waals surface area contributed by atoms with Gasteiger partial charge in [-0.15, -0.1) is 0 Å². The van der Waals surface area contributed by atoms with Gasteiger partial charge in [-0.2, -0.15) is 5.10 Å². The van der Waals surface area contributed by atoms with Gasteiger partial charge in [0, 0.05) is 6.07 Å². The van der Waals surface area contributed by atoms with E-state index in [0.29, 0.717) is 10.7 Å². The molecule has 0 amide bonds. The Morgan fingerprint density at radius 2 is 2.17 bits per heavy atom. The van der Waals surface area contributed by atoms with Crippen molar-refractivity contribution in [2.75, 3.05) is 0 Å². The zero-order valence-electron chi connectivity index (χ0n) is 5.63. The predicted molar refractivity (Wildman–Crippen MR) is 50.7 cm³/mol. The molecule has 0 spiro atoms. The van der Waals surface area contributed by atoms with Gasteiger partial charge >= 0.3 is 0 Å². The van der Waals surface area contributed by atoms with Gasteiger partial charge < -0.3 is 0 Å². The standard InChI is InChI=1S/C6H2BrCl2N3/c7-4-2-10-5-1-3(8)6(9)11-12(4)5/h1-2H. The van der Waals surface area contributed by atoms with Gasteiger partial charge in [0.2, 0.25) is 0 Å². The molecule has 0 radical (unpaired) electrons. The first-order valence-electron chi connectivity index (χ1n) is 3.04. The van der Waals surface area contributed by atoms with Crippen molar-refractivity contribution >= 4 is 44.8 Å². The second-order valence-corrected chi connectivity index (χ2v) is 3.71. The topological polar surface area (TPSA) is 30.2 Å². The third kappa shape index (κ3) is 1.20. The summed E-state index contributed by atoms with van der Waals surface area (Å²) in [4.78, 5) is 4.03.